The lowest BCUT2D eigenvalue weighted by atomic mass is 10.1. The number of imide groups is 2. The minimum absolute atomic E-state index is 0.0581. The van der Waals surface area contributed by atoms with Crippen molar-refractivity contribution in [3.63, 3.8) is 0 Å². The lowest BCUT2D eigenvalue weighted by molar-refractivity contribution is -0.130. The highest BCUT2D eigenvalue weighted by atomic mass is 16.3. The number of furan rings is 1. The molecule has 7 heteroatoms. The summed E-state index contributed by atoms with van der Waals surface area (Å²) in [5, 5.41) is 3.16. The number of urea groups is 1. The van der Waals surface area contributed by atoms with E-state index in [0.717, 1.165) is 26.9 Å². The maximum Gasteiger partial charge on any atom is 0.331 e. The summed E-state index contributed by atoms with van der Waals surface area (Å²) < 4.78 is 7.34. The van der Waals surface area contributed by atoms with Crippen molar-refractivity contribution in [1.82, 2.24) is 14.8 Å². The molecule has 5 rings (SSSR count). The fourth-order valence-corrected chi connectivity index (χ4v) is 3.96. The molecule has 1 aliphatic rings. The van der Waals surface area contributed by atoms with Crippen LogP contribution in [0.1, 0.15) is 22.5 Å². The first kappa shape index (κ1) is 20.5. The molecule has 3 heterocycles. The zero-order chi connectivity index (χ0) is 22.9. The van der Waals surface area contributed by atoms with Crippen LogP contribution in [0.15, 0.2) is 83.1 Å². The van der Waals surface area contributed by atoms with Crippen molar-refractivity contribution >= 4 is 34.8 Å². The van der Waals surface area contributed by atoms with Crippen molar-refractivity contribution in [2.75, 3.05) is 0 Å². The Morgan fingerprint density at radius 3 is 2.48 bits per heavy atom. The summed E-state index contributed by atoms with van der Waals surface area (Å²) in [6, 6.07) is 18.7. The van der Waals surface area contributed by atoms with E-state index in [4.69, 9.17) is 4.42 Å². The van der Waals surface area contributed by atoms with Crippen molar-refractivity contribution in [1.29, 1.82) is 0 Å². The molecule has 7 nitrogen and oxygen atoms in total. The largest absolute Gasteiger partial charge is 0.467 e. The number of nitrogens with zero attached hydrogens (tertiary/aromatic N) is 2. The molecule has 1 aliphatic heterocycles. The Kier molecular flexibility index (Phi) is 5.14. The van der Waals surface area contributed by atoms with Gasteiger partial charge in [-0.1, -0.05) is 48.0 Å². The lowest BCUT2D eigenvalue weighted by Gasteiger charge is -2.25. The lowest BCUT2D eigenvalue weighted by Crippen LogP contribution is -2.53. The number of nitrogens with one attached hydrogen (secondary N) is 1. The fourth-order valence-electron chi connectivity index (χ4n) is 3.96. The summed E-state index contributed by atoms with van der Waals surface area (Å²) in [6.07, 6.45) is 4.94. The number of aryl methyl sites for hydroxylation is 1. The second kappa shape index (κ2) is 8.27. The molecule has 33 heavy (non-hydrogen) atoms. The van der Waals surface area contributed by atoms with E-state index in [0.29, 0.717) is 12.3 Å². The number of barbiturate groups is 1. The van der Waals surface area contributed by atoms with Crippen LogP contribution in [0.4, 0.5) is 4.79 Å². The van der Waals surface area contributed by atoms with Crippen LogP contribution in [0.3, 0.4) is 0 Å². The number of benzene rings is 2. The Hall–Kier alpha value is -4.39. The third-order valence-corrected chi connectivity index (χ3v) is 5.67. The van der Waals surface area contributed by atoms with Crippen molar-refractivity contribution in [2.45, 2.75) is 20.0 Å². The van der Waals surface area contributed by atoms with Gasteiger partial charge in [-0.15, -0.1) is 0 Å². The third kappa shape index (κ3) is 3.96. The van der Waals surface area contributed by atoms with Gasteiger partial charge in [-0.3, -0.25) is 19.8 Å². The number of para-hydroxylation sites is 1. The van der Waals surface area contributed by atoms with Crippen LogP contribution in [-0.4, -0.2) is 27.3 Å². The Labute approximate surface area is 189 Å². The molecule has 0 bridgehead atoms. The zero-order valence-electron chi connectivity index (χ0n) is 17.9. The first-order valence-corrected chi connectivity index (χ1v) is 10.5. The van der Waals surface area contributed by atoms with Gasteiger partial charge in [0.2, 0.25) is 0 Å². The second-order valence-corrected chi connectivity index (χ2v) is 8.00. The van der Waals surface area contributed by atoms with Crippen LogP contribution in [0.25, 0.3) is 17.0 Å². The molecule has 2 aromatic heterocycles. The van der Waals surface area contributed by atoms with Crippen LogP contribution in [0, 0.1) is 6.92 Å². The zero-order valence-corrected chi connectivity index (χ0v) is 17.9. The molecule has 0 radical (unpaired) electrons. The smallest absolute Gasteiger partial charge is 0.331 e. The molecule has 4 aromatic rings. The van der Waals surface area contributed by atoms with Crippen molar-refractivity contribution in [2.24, 2.45) is 0 Å². The highest BCUT2D eigenvalue weighted by Crippen LogP contribution is 2.26. The van der Waals surface area contributed by atoms with Crippen LogP contribution in [-0.2, 0) is 22.7 Å². The normalized spacial score (nSPS) is 15.5. The summed E-state index contributed by atoms with van der Waals surface area (Å²) in [5.74, 6) is -0.923. The third-order valence-electron chi connectivity index (χ3n) is 5.67. The van der Waals surface area contributed by atoms with Gasteiger partial charge in [0.1, 0.15) is 11.3 Å². The molecule has 1 N–H and O–H groups in total. The average Bonchev–Trinajstić information content (AvgIpc) is 3.44. The molecule has 1 fully saturated rings. The van der Waals surface area contributed by atoms with E-state index < -0.39 is 17.8 Å². The van der Waals surface area contributed by atoms with Crippen molar-refractivity contribution in [3.8, 4) is 0 Å². The number of rotatable bonds is 5. The number of hydrogen-bond acceptors (Lipinski definition) is 4. The van der Waals surface area contributed by atoms with Crippen LogP contribution in [0.5, 0.6) is 0 Å². The summed E-state index contributed by atoms with van der Waals surface area (Å²) >= 11 is 0. The maximum absolute atomic E-state index is 13.1. The van der Waals surface area contributed by atoms with Gasteiger partial charge in [0.25, 0.3) is 11.8 Å². The predicted molar refractivity (Wildman–Crippen MR) is 123 cm³/mol. The van der Waals surface area contributed by atoms with Gasteiger partial charge >= 0.3 is 6.03 Å². The molecule has 2 aromatic carbocycles. The van der Waals surface area contributed by atoms with Gasteiger partial charge in [-0.05, 0) is 36.8 Å². The monoisotopic (exact) mass is 439 g/mol. The Morgan fingerprint density at radius 2 is 1.73 bits per heavy atom. The van der Waals surface area contributed by atoms with Gasteiger partial charge < -0.3 is 8.98 Å². The highest BCUT2D eigenvalue weighted by molar-refractivity contribution is 6.31. The quantitative estimate of drug-likeness (QED) is 0.372. The number of hydrogen-bond donors (Lipinski definition) is 1. The molecule has 0 atom stereocenters. The molecule has 0 saturated carbocycles. The molecule has 164 valence electrons. The van der Waals surface area contributed by atoms with E-state index in [1.54, 1.807) is 18.2 Å². The van der Waals surface area contributed by atoms with E-state index in [1.807, 2.05) is 37.4 Å². The Morgan fingerprint density at radius 1 is 0.939 bits per heavy atom. The van der Waals surface area contributed by atoms with Gasteiger partial charge in [-0.2, -0.15) is 0 Å². The van der Waals surface area contributed by atoms with Crippen molar-refractivity contribution < 1.29 is 18.8 Å². The molecule has 0 aliphatic carbocycles. The SMILES string of the molecule is Cc1ccc(Cn2cc(/C=C3/C(=O)NC(=O)N(Cc4ccco4)C3=O)c3ccccc32)cc1. The van der Waals surface area contributed by atoms with Gasteiger partial charge in [0.15, 0.2) is 0 Å². The minimum Gasteiger partial charge on any atom is -0.467 e. The topological polar surface area (TPSA) is 84.6 Å². The van der Waals surface area contributed by atoms with Crippen LogP contribution < -0.4 is 5.32 Å². The van der Waals surface area contributed by atoms with Crippen LogP contribution in [0.2, 0.25) is 0 Å². The highest BCUT2D eigenvalue weighted by Gasteiger charge is 2.36. The molecule has 0 unspecified atom stereocenters. The number of aromatic nitrogens is 1. The van der Waals surface area contributed by atoms with E-state index in [1.165, 1.54) is 11.8 Å². The average molecular weight is 439 g/mol. The molecule has 1 saturated heterocycles. The van der Waals surface area contributed by atoms with Crippen LogP contribution >= 0.6 is 0 Å². The first-order valence-electron chi connectivity index (χ1n) is 10.5. The number of carbonyl (C=O) groups excluding carboxylic acids is 3. The Bertz CT molecular complexity index is 1400. The van der Waals surface area contributed by atoms with E-state index in [2.05, 4.69) is 34.1 Å². The summed E-state index contributed by atoms with van der Waals surface area (Å²) in [4.78, 5) is 38.9. The fraction of sp³-hybridized carbons (Fsp3) is 0.115. The van der Waals surface area contributed by atoms with E-state index in [9.17, 15) is 14.4 Å². The number of amides is 4. The predicted octanol–water partition coefficient (Wildman–Crippen LogP) is 4.25. The standard InChI is InChI=1S/C26H21N3O4/c1-17-8-10-18(11-9-17)14-28-15-19(21-6-2-3-7-23(21)28)13-22-24(30)27-26(32)29(25(22)31)16-20-5-4-12-33-20/h2-13,15H,14,16H2,1H3,(H,27,30,32)/b22-13-. The molecular formula is C26H21N3O4. The minimum atomic E-state index is -0.764. The van der Waals surface area contributed by atoms with Gasteiger partial charge in [0.05, 0.1) is 12.8 Å². The summed E-state index contributed by atoms with van der Waals surface area (Å²) in [7, 11) is 0. The van der Waals surface area contributed by atoms with E-state index in [-0.39, 0.29) is 12.1 Å². The maximum atomic E-state index is 13.1. The molecule has 4 amide bonds. The summed E-state index contributed by atoms with van der Waals surface area (Å²) in [5.41, 5.74) is 3.94. The van der Waals surface area contributed by atoms with Gasteiger partial charge in [-0.25, -0.2) is 4.79 Å². The second-order valence-electron chi connectivity index (χ2n) is 8.00. The van der Waals surface area contributed by atoms with Crippen molar-refractivity contribution in [3.05, 3.63) is 101 Å². The first-order chi connectivity index (χ1) is 16.0. The number of fused-ring (bicyclic) bond motifs is 1. The molecular weight excluding hydrogens is 418 g/mol. The number of carbonyl (C=O) groups is 3. The van der Waals surface area contributed by atoms with Gasteiger partial charge in [0, 0.05) is 29.2 Å². The van der Waals surface area contributed by atoms with E-state index >= 15 is 0 Å². The Balaban J connectivity index is 1.52. The summed E-state index contributed by atoms with van der Waals surface area (Å²) in [6.45, 7) is 2.63. The molecule has 0 spiro atoms.